The van der Waals surface area contributed by atoms with E-state index in [4.69, 9.17) is 4.74 Å². The van der Waals surface area contributed by atoms with Crippen LogP contribution in [0, 0.1) is 5.92 Å². The number of hydrogen-bond donors (Lipinski definition) is 3. The predicted molar refractivity (Wildman–Crippen MR) is 119 cm³/mol. The Balaban J connectivity index is 2.20. The fourth-order valence-electron chi connectivity index (χ4n) is 3.90. The van der Waals surface area contributed by atoms with Crippen molar-refractivity contribution in [3.05, 3.63) is 35.9 Å². The Kier molecular flexibility index (Phi) is 10.8. The van der Waals surface area contributed by atoms with Gasteiger partial charge in [-0.15, -0.1) is 0 Å². The topological polar surface area (TPSA) is 117 Å². The van der Waals surface area contributed by atoms with Gasteiger partial charge in [0.05, 0.1) is 26.4 Å². The van der Waals surface area contributed by atoms with Crippen molar-refractivity contribution in [1.82, 2.24) is 15.5 Å². The van der Waals surface area contributed by atoms with Crippen LogP contribution in [0.4, 0.5) is 8.78 Å². The van der Waals surface area contributed by atoms with Crippen LogP contribution in [-0.4, -0.2) is 85.4 Å². The van der Waals surface area contributed by atoms with Crippen molar-refractivity contribution in [1.29, 1.82) is 0 Å². The van der Waals surface area contributed by atoms with E-state index in [0.29, 0.717) is 31.9 Å². The van der Waals surface area contributed by atoms with Crippen molar-refractivity contribution >= 4 is 17.8 Å². The Morgan fingerprint density at radius 2 is 1.82 bits per heavy atom. The van der Waals surface area contributed by atoms with Crippen LogP contribution in [-0.2, 0) is 30.3 Å². The Morgan fingerprint density at radius 1 is 1.18 bits per heavy atom. The second-order valence-corrected chi connectivity index (χ2v) is 8.74. The number of rotatable bonds is 13. The molecule has 1 aromatic rings. The van der Waals surface area contributed by atoms with E-state index in [9.17, 15) is 28.3 Å². The number of carboxylic acid groups (broad SMARTS) is 1. The summed E-state index contributed by atoms with van der Waals surface area (Å²) < 4.78 is 35.0. The molecule has 1 saturated heterocycles. The van der Waals surface area contributed by atoms with Gasteiger partial charge in [-0.05, 0) is 17.9 Å². The van der Waals surface area contributed by atoms with Crippen LogP contribution in [0.15, 0.2) is 30.3 Å². The van der Waals surface area contributed by atoms with Gasteiger partial charge in [0.25, 0.3) is 0 Å². The largest absolute Gasteiger partial charge is 0.479 e. The number of aliphatic carboxylic acids is 1. The van der Waals surface area contributed by atoms with Gasteiger partial charge < -0.3 is 25.2 Å². The summed E-state index contributed by atoms with van der Waals surface area (Å²) >= 11 is 0. The fourth-order valence-corrected chi connectivity index (χ4v) is 3.90. The van der Waals surface area contributed by atoms with E-state index in [1.54, 1.807) is 35.2 Å². The van der Waals surface area contributed by atoms with Crippen molar-refractivity contribution in [2.75, 3.05) is 39.5 Å². The minimum atomic E-state index is -3.16. The molecule has 0 aromatic heterocycles. The Bertz CT molecular complexity index is 805. The van der Waals surface area contributed by atoms with Crippen LogP contribution in [0.1, 0.15) is 25.8 Å². The summed E-state index contributed by atoms with van der Waals surface area (Å²) in [5.41, 5.74) is -1.02. The highest BCUT2D eigenvalue weighted by atomic mass is 19.3. The molecule has 190 valence electrons. The second-order valence-electron chi connectivity index (χ2n) is 8.74. The minimum absolute atomic E-state index is 0.0166. The fraction of sp³-hybridized carbons (Fsp3) is 0.609. The number of carbonyl (C=O) groups is 3. The lowest BCUT2D eigenvalue weighted by Crippen LogP contribution is -2.62. The van der Waals surface area contributed by atoms with E-state index >= 15 is 0 Å². The molecule has 1 fully saturated rings. The van der Waals surface area contributed by atoms with E-state index in [1.807, 2.05) is 13.8 Å². The van der Waals surface area contributed by atoms with Crippen molar-refractivity contribution in [3.63, 3.8) is 0 Å². The molecule has 9 nitrogen and oxygen atoms in total. The first-order chi connectivity index (χ1) is 16.1. The third kappa shape index (κ3) is 8.96. The van der Waals surface area contributed by atoms with Crippen molar-refractivity contribution in [2.24, 2.45) is 5.92 Å². The molecular weight excluding hydrogens is 452 g/mol. The number of ether oxygens (including phenoxy) is 2. The SMILES string of the molecule is CC(C)CC(Cc1ccccc1)(NC(=O)[C@H](COC(F)F)NC(=O)CN1CCOCC1)C(=O)O. The number of nitrogens with zero attached hydrogens (tertiary/aromatic N) is 1. The standard InChI is InChI=1S/C23H33F2N3O6/c1-16(2)12-23(21(31)32,13-17-6-4-3-5-7-17)27-20(30)18(15-34-22(24)25)26-19(29)14-28-8-10-33-11-9-28/h3-7,16,18,22H,8-15H2,1-2H3,(H,26,29)(H,27,30)(H,31,32)/t18-,23?/m0/s1. The summed E-state index contributed by atoms with van der Waals surface area (Å²) in [4.78, 5) is 39.8. The molecule has 1 aliphatic heterocycles. The van der Waals surface area contributed by atoms with E-state index < -0.39 is 42.6 Å². The quantitative estimate of drug-likeness (QED) is 0.385. The number of alkyl halides is 2. The van der Waals surface area contributed by atoms with Gasteiger partial charge in [0.2, 0.25) is 11.8 Å². The lowest BCUT2D eigenvalue weighted by Gasteiger charge is -2.34. The van der Waals surface area contributed by atoms with Gasteiger partial charge in [0, 0.05) is 19.5 Å². The van der Waals surface area contributed by atoms with Crippen LogP contribution in [0.25, 0.3) is 0 Å². The molecule has 2 atom stereocenters. The van der Waals surface area contributed by atoms with Gasteiger partial charge in [0.15, 0.2) is 0 Å². The smallest absolute Gasteiger partial charge is 0.345 e. The maximum atomic E-state index is 13.1. The van der Waals surface area contributed by atoms with Crippen LogP contribution >= 0.6 is 0 Å². The maximum Gasteiger partial charge on any atom is 0.345 e. The van der Waals surface area contributed by atoms with Gasteiger partial charge in [-0.1, -0.05) is 44.2 Å². The normalized spacial score (nSPS) is 17.2. The second kappa shape index (κ2) is 13.3. The highest BCUT2D eigenvalue weighted by Crippen LogP contribution is 2.23. The molecular formula is C23H33F2N3O6. The zero-order chi connectivity index (χ0) is 25.1. The summed E-state index contributed by atoms with van der Waals surface area (Å²) in [6, 6.07) is 7.28. The van der Waals surface area contributed by atoms with E-state index in [2.05, 4.69) is 15.4 Å². The molecule has 2 amide bonds. The van der Waals surface area contributed by atoms with Crippen LogP contribution in [0.5, 0.6) is 0 Å². The van der Waals surface area contributed by atoms with E-state index in [1.165, 1.54) is 0 Å². The van der Waals surface area contributed by atoms with Crippen LogP contribution < -0.4 is 10.6 Å². The molecule has 3 N–H and O–H groups in total. The first-order valence-corrected chi connectivity index (χ1v) is 11.2. The number of morpholine rings is 1. The summed E-state index contributed by atoms with van der Waals surface area (Å²) in [7, 11) is 0. The Labute approximate surface area is 197 Å². The summed E-state index contributed by atoms with van der Waals surface area (Å²) in [5, 5.41) is 15.1. The molecule has 1 aromatic carbocycles. The van der Waals surface area contributed by atoms with Gasteiger partial charge in [-0.2, -0.15) is 8.78 Å². The molecule has 11 heteroatoms. The molecule has 0 spiro atoms. The molecule has 1 unspecified atom stereocenters. The van der Waals surface area contributed by atoms with Crippen molar-refractivity contribution in [2.45, 2.75) is 44.9 Å². The average Bonchev–Trinajstić information content (AvgIpc) is 2.77. The first kappa shape index (κ1) is 27.6. The van der Waals surface area contributed by atoms with Crippen molar-refractivity contribution < 1.29 is 37.7 Å². The molecule has 1 heterocycles. The zero-order valence-electron chi connectivity index (χ0n) is 19.5. The van der Waals surface area contributed by atoms with E-state index in [-0.39, 0.29) is 25.3 Å². The number of hydrogen-bond acceptors (Lipinski definition) is 6. The van der Waals surface area contributed by atoms with Gasteiger partial charge in [-0.3, -0.25) is 14.5 Å². The number of halogens is 2. The molecule has 0 aliphatic carbocycles. The monoisotopic (exact) mass is 485 g/mol. The lowest BCUT2D eigenvalue weighted by atomic mass is 9.82. The molecule has 0 radical (unpaired) electrons. The number of amides is 2. The number of carboxylic acids is 1. The third-order valence-corrected chi connectivity index (χ3v) is 5.39. The van der Waals surface area contributed by atoms with Crippen LogP contribution in [0.3, 0.4) is 0 Å². The number of nitrogens with one attached hydrogen (secondary N) is 2. The van der Waals surface area contributed by atoms with Gasteiger partial charge in [0.1, 0.15) is 11.6 Å². The Hall–Kier alpha value is -2.63. The molecule has 1 aliphatic rings. The Morgan fingerprint density at radius 3 is 2.38 bits per heavy atom. The highest BCUT2D eigenvalue weighted by Gasteiger charge is 2.42. The number of benzene rings is 1. The van der Waals surface area contributed by atoms with Gasteiger partial charge in [-0.25, -0.2) is 4.79 Å². The zero-order valence-corrected chi connectivity index (χ0v) is 19.5. The van der Waals surface area contributed by atoms with Crippen molar-refractivity contribution in [3.8, 4) is 0 Å². The third-order valence-electron chi connectivity index (χ3n) is 5.39. The van der Waals surface area contributed by atoms with Gasteiger partial charge >= 0.3 is 12.6 Å². The number of carbonyl (C=O) groups excluding carboxylic acids is 2. The lowest BCUT2D eigenvalue weighted by molar-refractivity contribution is -0.154. The molecule has 0 bridgehead atoms. The summed E-state index contributed by atoms with van der Waals surface area (Å²) in [6.07, 6.45) is 0.0738. The summed E-state index contributed by atoms with van der Waals surface area (Å²) in [5.74, 6) is -2.83. The average molecular weight is 486 g/mol. The molecule has 2 rings (SSSR count). The molecule has 0 saturated carbocycles. The first-order valence-electron chi connectivity index (χ1n) is 11.2. The minimum Gasteiger partial charge on any atom is -0.479 e. The highest BCUT2D eigenvalue weighted by molar-refractivity contribution is 5.92. The molecule has 34 heavy (non-hydrogen) atoms. The maximum absolute atomic E-state index is 13.1. The summed E-state index contributed by atoms with van der Waals surface area (Å²) in [6.45, 7) is 1.57. The van der Waals surface area contributed by atoms with E-state index in [0.717, 1.165) is 0 Å². The van der Waals surface area contributed by atoms with Crippen LogP contribution in [0.2, 0.25) is 0 Å². The predicted octanol–water partition coefficient (Wildman–Crippen LogP) is 1.27.